The lowest BCUT2D eigenvalue weighted by Crippen LogP contribution is -2.33. The minimum Gasteiger partial charge on any atom is -0.330 e. The molecule has 0 bridgehead atoms. The average molecular weight is 350 g/mol. The van der Waals surface area contributed by atoms with Crippen LogP contribution in [0, 0.1) is 6.92 Å². The number of anilines is 1. The van der Waals surface area contributed by atoms with E-state index in [9.17, 15) is 13.2 Å². The summed E-state index contributed by atoms with van der Waals surface area (Å²) in [6.07, 6.45) is 3.52. The number of sulfone groups is 1. The molecule has 0 saturated carbocycles. The molecule has 8 heteroatoms. The van der Waals surface area contributed by atoms with Crippen LogP contribution in [0.1, 0.15) is 30.6 Å². The van der Waals surface area contributed by atoms with Gasteiger partial charge in [-0.15, -0.1) is 0 Å². The van der Waals surface area contributed by atoms with Gasteiger partial charge >= 0.3 is 6.03 Å². The molecule has 0 unspecified atom stereocenters. The van der Waals surface area contributed by atoms with Crippen molar-refractivity contribution in [3.63, 3.8) is 0 Å². The van der Waals surface area contributed by atoms with Crippen molar-refractivity contribution >= 4 is 21.6 Å². The fourth-order valence-electron chi connectivity index (χ4n) is 2.39. The predicted octanol–water partition coefficient (Wildman–Crippen LogP) is 2.40. The summed E-state index contributed by atoms with van der Waals surface area (Å²) in [6, 6.07) is 5.94. The third kappa shape index (κ3) is 4.14. The van der Waals surface area contributed by atoms with Crippen molar-refractivity contribution in [3.05, 3.63) is 41.7 Å². The van der Waals surface area contributed by atoms with Crippen LogP contribution in [0.2, 0.25) is 0 Å². The van der Waals surface area contributed by atoms with Crippen molar-refractivity contribution in [3.8, 4) is 0 Å². The highest BCUT2D eigenvalue weighted by Gasteiger charge is 2.17. The molecule has 0 aliphatic rings. The van der Waals surface area contributed by atoms with Gasteiger partial charge in [-0.25, -0.2) is 13.2 Å². The van der Waals surface area contributed by atoms with Crippen molar-refractivity contribution in [1.29, 1.82) is 0 Å². The second-order valence-electron chi connectivity index (χ2n) is 5.69. The SMILES string of the molecule is CC[C@H](NC(=O)Nc1cc(S(C)(=O)=O)ccc1C)c1ccnn1C. The standard InChI is InChI=1S/C16H22N4O3S/c1-5-13(15-8-9-17-20(15)3)18-16(21)19-14-10-12(24(4,22)23)7-6-11(14)2/h6-10,13H,5H2,1-4H3,(H2,18,19,21)/t13-/m0/s1. The third-order valence-corrected chi connectivity index (χ3v) is 4.93. The molecule has 130 valence electrons. The van der Waals surface area contributed by atoms with Crippen LogP contribution in [-0.4, -0.2) is 30.5 Å². The molecule has 0 saturated heterocycles. The van der Waals surface area contributed by atoms with Gasteiger partial charge in [0.15, 0.2) is 9.84 Å². The van der Waals surface area contributed by atoms with Crippen LogP contribution in [0.15, 0.2) is 35.4 Å². The van der Waals surface area contributed by atoms with Crippen LogP contribution in [0.5, 0.6) is 0 Å². The lowest BCUT2D eigenvalue weighted by molar-refractivity contribution is 0.247. The molecule has 0 fully saturated rings. The van der Waals surface area contributed by atoms with Gasteiger partial charge < -0.3 is 10.6 Å². The first-order valence-electron chi connectivity index (χ1n) is 7.58. The van der Waals surface area contributed by atoms with Gasteiger partial charge in [-0.2, -0.15) is 5.10 Å². The summed E-state index contributed by atoms with van der Waals surface area (Å²) in [5, 5.41) is 9.72. The van der Waals surface area contributed by atoms with E-state index in [0.717, 1.165) is 17.5 Å². The van der Waals surface area contributed by atoms with Gasteiger partial charge in [-0.3, -0.25) is 4.68 Å². The van der Waals surface area contributed by atoms with Gasteiger partial charge in [0.2, 0.25) is 0 Å². The molecule has 1 aromatic carbocycles. The molecule has 0 radical (unpaired) electrons. The Kier molecular flexibility index (Phi) is 5.28. The van der Waals surface area contributed by atoms with E-state index in [1.807, 2.05) is 20.0 Å². The molecule has 7 nitrogen and oxygen atoms in total. The lowest BCUT2D eigenvalue weighted by atomic mass is 10.1. The van der Waals surface area contributed by atoms with Gasteiger partial charge in [0.1, 0.15) is 0 Å². The Bertz CT molecular complexity index is 843. The number of hydrogen-bond donors (Lipinski definition) is 2. The molecule has 0 aliphatic carbocycles. The summed E-state index contributed by atoms with van der Waals surface area (Å²) in [6.45, 7) is 3.77. The van der Waals surface area contributed by atoms with Crippen molar-refractivity contribution in [2.75, 3.05) is 11.6 Å². The third-order valence-electron chi connectivity index (χ3n) is 3.81. The molecule has 24 heavy (non-hydrogen) atoms. The van der Waals surface area contributed by atoms with Gasteiger partial charge in [-0.05, 0) is 37.1 Å². The lowest BCUT2D eigenvalue weighted by Gasteiger charge is -2.18. The first-order valence-corrected chi connectivity index (χ1v) is 9.47. The molecule has 2 amide bonds. The molecular formula is C16H22N4O3S. The second kappa shape index (κ2) is 7.04. The molecule has 0 spiro atoms. The largest absolute Gasteiger partial charge is 0.330 e. The Hall–Kier alpha value is -2.35. The Balaban J connectivity index is 2.16. The summed E-state index contributed by atoms with van der Waals surface area (Å²) in [5.41, 5.74) is 2.15. The number of carbonyl (C=O) groups is 1. The molecule has 1 aromatic heterocycles. The highest BCUT2D eigenvalue weighted by atomic mass is 32.2. The van der Waals surface area contributed by atoms with Crippen LogP contribution in [0.25, 0.3) is 0 Å². The average Bonchev–Trinajstić information content (AvgIpc) is 2.92. The number of rotatable bonds is 5. The number of urea groups is 1. The number of amides is 2. The van der Waals surface area contributed by atoms with E-state index in [-0.39, 0.29) is 10.9 Å². The summed E-state index contributed by atoms with van der Waals surface area (Å²) >= 11 is 0. The predicted molar refractivity (Wildman–Crippen MR) is 92.7 cm³/mol. The molecule has 0 aliphatic heterocycles. The zero-order valence-electron chi connectivity index (χ0n) is 14.2. The van der Waals surface area contributed by atoms with E-state index in [2.05, 4.69) is 15.7 Å². The number of nitrogens with one attached hydrogen (secondary N) is 2. The number of hydrogen-bond acceptors (Lipinski definition) is 4. The van der Waals surface area contributed by atoms with Crippen LogP contribution in [-0.2, 0) is 16.9 Å². The van der Waals surface area contributed by atoms with Crippen molar-refractivity contribution in [1.82, 2.24) is 15.1 Å². The maximum Gasteiger partial charge on any atom is 0.319 e. The van der Waals surface area contributed by atoms with Crippen LogP contribution in [0.4, 0.5) is 10.5 Å². The maximum atomic E-state index is 12.3. The Labute approximate surface area is 142 Å². The molecule has 2 rings (SSSR count). The summed E-state index contributed by atoms with van der Waals surface area (Å²) in [5.74, 6) is 0. The fourth-order valence-corrected chi connectivity index (χ4v) is 3.04. The van der Waals surface area contributed by atoms with Crippen LogP contribution >= 0.6 is 0 Å². The maximum absolute atomic E-state index is 12.3. The Morgan fingerprint density at radius 3 is 2.58 bits per heavy atom. The minimum atomic E-state index is -3.33. The normalized spacial score (nSPS) is 12.7. The second-order valence-corrected chi connectivity index (χ2v) is 7.70. The number of carbonyl (C=O) groups excluding carboxylic acids is 1. The van der Waals surface area contributed by atoms with Gasteiger partial charge in [-0.1, -0.05) is 13.0 Å². The summed E-state index contributed by atoms with van der Waals surface area (Å²) in [7, 11) is -1.51. The van der Waals surface area contributed by atoms with Gasteiger partial charge in [0.05, 0.1) is 16.6 Å². The van der Waals surface area contributed by atoms with E-state index in [0.29, 0.717) is 12.1 Å². The van der Waals surface area contributed by atoms with Crippen molar-refractivity contribution in [2.24, 2.45) is 7.05 Å². The van der Waals surface area contributed by atoms with Crippen molar-refractivity contribution in [2.45, 2.75) is 31.2 Å². The number of nitrogens with zero attached hydrogens (tertiary/aromatic N) is 2. The number of aromatic nitrogens is 2. The first kappa shape index (κ1) is 18.0. The van der Waals surface area contributed by atoms with Crippen LogP contribution < -0.4 is 10.6 Å². The van der Waals surface area contributed by atoms with E-state index >= 15 is 0 Å². The highest BCUT2D eigenvalue weighted by Crippen LogP contribution is 2.21. The van der Waals surface area contributed by atoms with Gasteiger partial charge in [0, 0.05) is 25.2 Å². The summed E-state index contributed by atoms with van der Waals surface area (Å²) < 4.78 is 25.0. The van der Waals surface area contributed by atoms with Gasteiger partial charge in [0.25, 0.3) is 0 Å². The molecule has 1 heterocycles. The van der Waals surface area contributed by atoms with E-state index in [1.54, 1.807) is 23.9 Å². The van der Waals surface area contributed by atoms with E-state index in [4.69, 9.17) is 0 Å². The summed E-state index contributed by atoms with van der Waals surface area (Å²) in [4.78, 5) is 12.5. The van der Waals surface area contributed by atoms with E-state index < -0.39 is 15.9 Å². The first-order chi connectivity index (χ1) is 11.2. The highest BCUT2D eigenvalue weighted by molar-refractivity contribution is 7.90. The quantitative estimate of drug-likeness (QED) is 0.866. The van der Waals surface area contributed by atoms with E-state index in [1.165, 1.54) is 12.1 Å². The zero-order chi connectivity index (χ0) is 17.9. The monoisotopic (exact) mass is 350 g/mol. The minimum absolute atomic E-state index is 0.169. The van der Waals surface area contributed by atoms with Crippen molar-refractivity contribution < 1.29 is 13.2 Å². The smallest absolute Gasteiger partial charge is 0.319 e. The molecule has 2 aromatic rings. The Morgan fingerprint density at radius 1 is 1.33 bits per heavy atom. The van der Waals surface area contributed by atoms with Crippen LogP contribution in [0.3, 0.4) is 0 Å². The topological polar surface area (TPSA) is 93.1 Å². The molecule has 2 N–H and O–H groups in total. The zero-order valence-corrected chi connectivity index (χ0v) is 15.0. The number of aryl methyl sites for hydroxylation is 2. The fraction of sp³-hybridized carbons (Fsp3) is 0.375. The Morgan fingerprint density at radius 2 is 2.04 bits per heavy atom. The molecular weight excluding hydrogens is 328 g/mol. The molecule has 1 atom stereocenters. The number of benzene rings is 1.